The average molecular weight is 371 g/mol. The van der Waals surface area contributed by atoms with Gasteiger partial charge in [0.1, 0.15) is 0 Å². The number of piperidine rings is 1. The maximum atomic E-state index is 13.0. The Kier molecular flexibility index (Phi) is 5.98. The fourth-order valence-corrected chi connectivity index (χ4v) is 3.56. The number of benzene rings is 1. The minimum atomic E-state index is -0.127. The molecule has 0 bridgehead atoms. The van der Waals surface area contributed by atoms with Gasteiger partial charge in [0, 0.05) is 31.7 Å². The standard InChI is InChI=1S/C20H29N5O2/c1-4-11-25-17-8-6-5-7-16(17)23-18(19(25)26)24-12-9-15(10-13-24)22-20(27)21-14(2)3/h5-8,14-15H,4,9-13H2,1-3H3,(H2,21,22,27). The van der Waals surface area contributed by atoms with Gasteiger partial charge in [-0.25, -0.2) is 9.78 Å². The van der Waals surface area contributed by atoms with Gasteiger partial charge in [0.05, 0.1) is 11.0 Å². The van der Waals surface area contributed by atoms with Crippen LogP contribution in [0.25, 0.3) is 11.0 Å². The molecule has 2 amide bonds. The lowest BCUT2D eigenvalue weighted by molar-refractivity contribution is 0.232. The lowest BCUT2D eigenvalue weighted by Gasteiger charge is -2.33. The van der Waals surface area contributed by atoms with E-state index in [1.54, 1.807) is 0 Å². The molecule has 3 rings (SSSR count). The van der Waals surface area contributed by atoms with Crippen LogP contribution in [0.3, 0.4) is 0 Å². The van der Waals surface area contributed by atoms with Crippen molar-refractivity contribution >= 4 is 22.9 Å². The Morgan fingerprint density at radius 2 is 1.96 bits per heavy atom. The summed E-state index contributed by atoms with van der Waals surface area (Å²) in [6.07, 6.45) is 2.49. The van der Waals surface area contributed by atoms with Crippen molar-refractivity contribution in [3.8, 4) is 0 Å². The van der Waals surface area contributed by atoms with Crippen molar-refractivity contribution in [1.29, 1.82) is 0 Å². The summed E-state index contributed by atoms with van der Waals surface area (Å²) < 4.78 is 1.83. The van der Waals surface area contributed by atoms with Crippen LogP contribution in [0.2, 0.25) is 0 Å². The van der Waals surface area contributed by atoms with Crippen molar-refractivity contribution < 1.29 is 4.79 Å². The van der Waals surface area contributed by atoms with Gasteiger partial charge in [0.2, 0.25) is 0 Å². The Bertz CT molecular complexity index is 853. The van der Waals surface area contributed by atoms with E-state index < -0.39 is 0 Å². The van der Waals surface area contributed by atoms with E-state index in [0.29, 0.717) is 25.5 Å². The van der Waals surface area contributed by atoms with Crippen molar-refractivity contribution in [2.24, 2.45) is 0 Å². The summed E-state index contributed by atoms with van der Waals surface area (Å²) in [4.78, 5) is 31.6. The van der Waals surface area contributed by atoms with Crippen LogP contribution in [0, 0.1) is 0 Å². The molecule has 1 saturated heterocycles. The average Bonchev–Trinajstić information content (AvgIpc) is 2.64. The number of urea groups is 1. The van der Waals surface area contributed by atoms with Crippen LogP contribution in [-0.4, -0.2) is 40.8 Å². The summed E-state index contributed by atoms with van der Waals surface area (Å²) in [5, 5.41) is 5.87. The molecule has 0 saturated carbocycles. The maximum absolute atomic E-state index is 13.0. The Morgan fingerprint density at radius 1 is 1.26 bits per heavy atom. The predicted octanol–water partition coefficient (Wildman–Crippen LogP) is 2.48. The zero-order chi connectivity index (χ0) is 19.4. The number of aromatic nitrogens is 2. The third kappa shape index (κ3) is 4.40. The molecule has 1 aromatic heterocycles. The van der Waals surface area contributed by atoms with Gasteiger partial charge in [-0.05, 0) is 45.2 Å². The SMILES string of the molecule is CCCn1c(=O)c(N2CCC(NC(=O)NC(C)C)CC2)nc2ccccc21. The highest BCUT2D eigenvalue weighted by Crippen LogP contribution is 2.19. The van der Waals surface area contributed by atoms with Crippen LogP contribution < -0.4 is 21.1 Å². The van der Waals surface area contributed by atoms with Crippen LogP contribution >= 0.6 is 0 Å². The Hall–Kier alpha value is -2.57. The number of anilines is 1. The number of nitrogens with zero attached hydrogens (tertiary/aromatic N) is 3. The summed E-state index contributed by atoms with van der Waals surface area (Å²) in [7, 11) is 0. The number of nitrogens with one attached hydrogen (secondary N) is 2. The number of hydrogen-bond donors (Lipinski definition) is 2. The molecule has 0 atom stereocenters. The third-order valence-corrected chi connectivity index (χ3v) is 4.83. The number of amides is 2. The lowest BCUT2D eigenvalue weighted by Crippen LogP contribution is -2.50. The number of para-hydroxylation sites is 2. The van der Waals surface area contributed by atoms with Crippen LogP contribution in [-0.2, 0) is 6.54 Å². The zero-order valence-electron chi connectivity index (χ0n) is 16.4. The molecule has 2 N–H and O–H groups in total. The number of rotatable bonds is 5. The molecule has 27 heavy (non-hydrogen) atoms. The van der Waals surface area contributed by atoms with Gasteiger partial charge in [0.25, 0.3) is 5.56 Å². The molecule has 0 spiro atoms. The zero-order valence-corrected chi connectivity index (χ0v) is 16.4. The first-order chi connectivity index (χ1) is 13.0. The van der Waals surface area contributed by atoms with Gasteiger partial charge >= 0.3 is 6.03 Å². The van der Waals surface area contributed by atoms with Crippen LogP contribution in [0.1, 0.15) is 40.0 Å². The van der Waals surface area contributed by atoms with Gasteiger partial charge in [-0.2, -0.15) is 0 Å². The monoisotopic (exact) mass is 371 g/mol. The lowest BCUT2D eigenvalue weighted by atomic mass is 10.1. The number of fused-ring (bicyclic) bond motifs is 1. The number of carbonyl (C=O) groups excluding carboxylic acids is 1. The van der Waals surface area contributed by atoms with E-state index in [1.165, 1.54) is 0 Å². The maximum Gasteiger partial charge on any atom is 0.315 e. The van der Waals surface area contributed by atoms with Crippen molar-refractivity contribution in [3.05, 3.63) is 34.6 Å². The second kappa shape index (κ2) is 8.41. The molecule has 7 heteroatoms. The number of carbonyl (C=O) groups is 1. The first-order valence-corrected chi connectivity index (χ1v) is 9.81. The summed E-state index contributed by atoms with van der Waals surface area (Å²) in [6, 6.07) is 7.90. The van der Waals surface area contributed by atoms with E-state index in [4.69, 9.17) is 0 Å². The highest BCUT2D eigenvalue weighted by atomic mass is 16.2. The molecule has 2 heterocycles. The van der Waals surface area contributed by atoms with Crippen LogP contribution in [0.5, 0.6) is 0 Å². The molecule has 146 valence electrons. The van der Waals surface area contributed by atoms with Gasteiger partial charge < -0.3 is 20.1 Å². The molecule has 2 aromatic rings. The Balaban J connectivity index is 1.76. The quantitative estimate of drug-likeness (QED) is 0.846. The second-order valence-corrected chi connectivity index (χ2v) is 7.41. The third-order valence-electron chi connectivity index (χ3n) is 4.83. The predicted molar refractivity (Wildman–Crippen MR) is 108 cm³/mol. The topological polar surface area (TPSA) is 79.3 Å². The molecule has 1 fully saturated rings. The van der Waals surface area contributed by atoms with Crippen LogP contribution in [0.4, 0.5) is 10.6 Å². The van der Waals surface area contributed by atoms with E-state index >= 15 is 0 Å². The number of aryl methyl sites for hydroxylation is 1. The van der Waals surface area contributed by atoms with Gasteiger partial charge in [-0.3, -0.25) is 4.79 Å². The highest BCUT2D eigenvalue weighted by Gasteiger charge is 2.24. The van der Waals surface area contributed by atoms with E-state index in [9.17, 15) is 9.59 Å². The van der Waals surface area contributed by atoms with Crippen molar-refractivity contribution in [2.45, 2.75) is 58.7 Å². The molecule has 7 nitrogen and oxygen atoms in total. The molecule has 0 unspecified atom stereocenters. The fourth-order valence-electron chi connectivity index (χ4n) is 3.56. The molecule has 1 aliphatic heterocycles. The fraction of sp³-hybridized carbons (Fsp3) is 0.550. The molecule has 0 aliphatic carbocycles. The molecule has 0 radical (unpaired) electrons. The highest BCUT2D eigenvalue weighted by molar-refractivity contribution is 5.76. The summed E-state index contributed by atoms with van der Waals surface area (Å²) >= 11 is 0. The largest absolute Gasteiger partial charge is 0.352 e. The molecular formula is C20H29N5O2. The molecule has 1 aromatic carbocycles. The Labute approximate surface area is 159 Å². The summed E-state index contributed by atoms with van der Waals surface area (Å²) in [6.45, 7) is 8.05. The number of hydrogen-bond acceptors (Lipinski definition) is 4. The first-order valence-electron chi connectivity index (χ1n) is 9.81. The first kappa shape index (κ1) is 19.2. The molecule has 1 aliphatic rings. The summed E-state index contributed by atoms with van der Waals surface area (Å²) in [5.74, 6) is 0.521. The van der Waals surface area contributed by atoms with E-state index in [1.807, 2.05) is 42.7 Å². The van der Waals surface area contributed by atoms with Gasteiger partial charge in [-0.15, -0.1) is 0 Å². The normalized spacial score (nSPS) is 15.3. The minimum Gasteiger partial charge on any atom is -0.352 e. The van der Waals surface area contributed by atoms with Crippen molar-refractivity contribution in [2.75, 3.05) is 18.0 Å². The van der Waals surface area contributed by atoms with Crippen molar-refractivity contribution in [3.63, 3.8) is 0 Å². The van der Waals surface area contributed by atoms with Gasteiger partial charge in [-0.1, -0.05) is 19.1 Å². The molecular weight excluding hydrogens is 342 g/mol. The van der Waals surface area contributed by atoms with E-state index in [0.717, 1.165) is 30.3 Å². The van der Waals surface area contributed by atoms with E-state index in [-0.39, 0.29) is 23.7 Å². The van der Waals surface area contributed by atoms with Gasteiger partial charge in [0.15, 0.2) is 5.82 Å². The van der Waals surface area contributed by atoms with E-state index in [2.05, 4.69) is 27.4 Å². The van der Waals surface area contributed by atoms with Crippen LogP contribution in [0.15, 0.2) is 29.1 Å². The summed E-state index contributed by atoms with van der Waals surface area (Å²) in [5.41, 5.74) is 1.70. The minimum absolute atomic E-state index is 0.0282. The van der Waals surface area contributed by atoms with Crippen molar-refractivity contribution in [1.82, 2.24) is 20.2 Å². The Morgan fingerprint density at radius 3 is 2.63 bits per heavy atom. The smallest absolute Gasteiger partial charge is 0.315 e. The second-order valence-electron chi connectivity index (χ2n) is 7.41.